The van der Waals surface area contributed by atoms with Crippen molar-refractivity contribution in [2.24, 2.45) is 0 Å². The highest BCUT2D eigenvalue weighted by Gasteiger charge is 2.23. The van der Waals surface area contributed by atoms with Crippen LogP contribution in [0.15, 0.2) is 91.0 Å². The van der Waals surface area contributed by atoms with Gasteiger partial charge in [-0.1, -0.05) is 91.0 Å². The molecule has 132 valence electrons. The van der Waals surface area contributed by atoms with E-state index >= 15 is 0 Å². The van der Waals surface area contributed by atoms with E-state index in [1.165, 1.54) is 5.56 Å². The molecule has 0 saturated heterocycles. The Morgan fingerprint density at radius 2 is 1.23 bits per heavy atom. The third-order valence-corrected chi connectivity index (χ3v) is 4.63. The molecule has 2 heteroatoms. The lowest BCUT2D eigenvalue weighted by atomic mass is 9.90. The molecule has 0 heterocycles. The predicted molar refractivity (Wildman–Crippen MR) is 107 cm³/mol. The summed E-state index contributed by atoms with van der Waals surface area (Å²) < 4.78 is 0. The number of hydrogen-bond acceptors (Lipinski definition) is 1. The highest BCUT2D eigenvalue weighted by molar-refractivity contribution is 5.87. The third-order valence-electron chi connectivity index (χ3n) is 4.63. The van der Waals surface area contributed by atoms with Gasteiger partial charge in [-0.3, -0.25) is 4.79 Å². The Bertz CT molecular complexity index is 760. The SMILES string of the molecule is C[C@@H](CCc1ccccc1)NC(=O)C(c1ccccc1)c1ccccc1. The van der Waals surface area contributed by atoms with Crippen molar-refractivity contribution in [3.05, 3.63) is 108 Å². The molecule has 0 radical (unpaired) electrons. The van der Waals surface area contributed by atoms with Crippen LogP contribution in [-0.2, 0) is 11.2 Å². The third kappa shape index (κ3) is 4.82. The van der Waals surface area contributed by atoms with Crippen LogP contribution in [0.5, 0.6) is 0 Å². The topological polar surface area (TPSA) is 29.1 Å². The van der Waals surface area contributed by atoms with E-state index in [0.29, 0.717) is 0 Å². The molecule has 0 aliphatic carbocycles. The second kappa shape index (κ2) is 9.00. The van der Waals surface area contributed by atoms with Crippen LogP contribution < -0.4 is 5.32 Å². The smallest absolute Gasteiger partial charge is 0.232 e. The Morgan fingerprint density at radius 3 is 1.73 bits per heavy atom. The largest absolute Gasteiger partial charge is 0.353 e. The molecular formula is C24H25NO. The van der Waals surface area contributed by atoms with Crippen LogP contribution in [0.2, 0.25) is 0 Å². The molecule has 3 rings (SSSR count). The highest BCUT2D eigenvalue weighted by Crippen LogP contribution is 2.25. The Labute approximate surface area is 155 Å². The number of aryl methyl sites for hydroxylation is 1. The minimum absolute atomic E-state index is 0.0583. The molecule has 0 spiro atoms. The van der Waals surface area contributed by atoms with Crippen molar-refractivity contribution in [2.45, 2.75) is 31.7 Å². The van der Waals surface area contributed by atoms with Crippen LogP contribution in [0.1, 0.15) is 36.0 Å². The Kier molecular flexibility index (Phi) is 6.21. The molecule has 1 atom stereocenters. The van der Waals surface area contributed by atoms with E-state index in [9.17, 15) is 4.79 Å². The van der Waals surface area contributed by atoms with Gasteiger partial charge in [0.15, 0.2) is 0 Å². The number of hydrogen-bond donors (Lipinski definition) is 1. The number of rotatable bonds is 7. The molecule has 26 heavy (non-hydrogen) atoms. The zero-order valence-corrected chi connectivity index (χ0v) is 15.1. The van der Waals surface area contributed by atoms with E-state index in [1.807, 2.05) is 66.7 Å². The fourth-order valence-electron chi connectivity index (χ4n) is 3.21. The van der Waals surface area contributed by atoms with Crippen molar-refractivity contribution in [2.75, 3.05) is 0 Å². The van der Waals surface area contributed by atoms with Crippen molar-refractivity contribution >= 4 is 5.91 Å². The lowest BCUT2D eigenvalue weighted by Crippen LogP contribution is -2.37. The fraction of sp³-hybridized carbons (Fsp3) is 0.208. The van der Waals surface area contributed by atoms with Crippen LogP contribution in [-0.4, -0.2) is 11.9 Å². The van der Waals surface area contributed by atoms with Gasteiger partial charge in [0.05, 0.1) is 5.92 Å². The Morgan fingerprint density at radius 1 is 0.769 bits per heavy atom. The molecule has 0 bridgehead atoms. The first-order chi connectivity index (χ1) is 12.7. The summed E-state index contributed by atoms with van der Waals surface area (Å²) in [5.41, 5.74) is 3.34. The summed E-state index contributed by atoms with van der Waals surface area (Å²) in [7, 11) is 0. The molecule has 0 fully saturated rings. The van der Waals surface area contributed by atoms with Crippen molar-refractivity contribution in [1.29, 1.82) is 0 Å². The van der Waals surface area contributed by atoms with Gasteiger partial charge < -0.3 is 5.32 Å². The van der Waals surface area contributed by atoms with E-state index in [2.05, 4.69) is 36.5 Å². The molecule has 3 aromatic rings. The lowest BCUT2D eigenvalue weighted by molar-refractivity contribution is -0.122. The number of carbonyl (C=O) groups excluding carboxylic acids is 1. The predicted octanol–water partition coefficient (Wildman–Crippen LogP) is 4.96. The summed E-state index contributed by atoms with van der Waals surface area (Å²) in [5, 5.41) is 3.21. The van der Waals surface area contributed by atoms with Gasteiger partial charge in [0.1, 0.15) is 0 Å². The average Bonchev–Trinajstić information content (AvgIpc) is 2.69. The van der Waals surface area contributed by atoms with E-state index in [-0.39, 0.29) is 17.9 Å². The molecule has 0 aliphatic heterocycles. The van der Waals surface area contributed by atoms with E-state index < -0.39 is 0 Å². The van der Waals surface area contributed by atoms with Crippen LogP contribution >= 0.6 is 0 Å². The molecule has 0 aromatic heterocycles. The molecular weight excluding hydrogens is 318 g/mol. The monoisotopic (exact) mass is 343 g/mol. The summed E-state index contributed by atoms with van der Waals surface area (Å²) in [6, 6.07) is 30.5. The van der Waals surface area contributed by atoms with Crippen LogP contribution in [0.3, 0.4) is 0 Å². The maximum atomic E-state index is 13.1. The van der Waals surface area contributed by atoms with Gasteiger partial charge in [-0.05, 0) is 36.5 Å². The van der Waals surface area contributed by atoms with Gasteiger partial charge in [-0.15, -0.1) is 0 Å². The van der Waals surface area contributed by atoms with E-state index in [1.54, 1.807) is 0 Å². The molecule has 2 nitrogen and oxygen atoms in total. The van der Waals surface area contributed by atoms with E-state index in [4.69, 9.17) is 0 Å². The number of amides is 1. The van der Waals surface area contributed by atoms with Crippen LogP contribution in [0.4, 0.5) is 0 Å². The summed E-state index contributed by atoms with van der Waals surface area (Å²) in [4.78, 5) is 13.1. The zero-order chi connectivity index (χ0) is 18.2. The first-order valence-electron chi connectivity index (χ1n) is 9.18. The van der Waals surface area contributed by atoms with Crippen molar-refractivity contribution in [3.8, 4) is 0 Å². The number of benzene rings is 3. The minimum Gasteiger partial charge on any atom is -0.353 e. The molecule has 1 amide bonds. The second-order valence-electron chi connectivity index (χ2n) is 6.69. The molecule has 0 saturated carbocycles. The zero-order valence-electron chi connectivity index (χ0n) is 15.1. The minimum atomic E-state index is -0.281. The van der Waals surface area contributed by atoms with Gasteiger partial charge in [0, 0.05) is 6.04 Å². The standard InChI is InChI=1S/C24H25NO/c1-19(17-18-20-11-5-2-6-12-20)25-24(26)23(21-13-7-3-8-14-21)22-15-9-4-10-16-22/h2-16,19,23H,17-18H2,1H3,(H,25,26)/t19-/m0/s1. The van der Waals surface area contributed by atoms with Gasteiger partial charge in [-0.25, -0.2) is 0 Å². The van der Waals surface area contributed by atoms with E-state index in [0.717, 1.165) is 24.0 Å². The quantitative estimate of drug-likeness (QED) is 0.646. The molecule has 0 aliphatic rings. The lowest BCUT2D eigenvalue weighted by Gasteiger charge is -2.21. The van der Waals surface area contributed by atoms with Crippen LogP contribution in [0.25, 0.3) is 0 Å². The summed E-state index contributed by atoms with van der Waals surface area (Å²) in [5.74, 6) is -0.223. The normalized spacial score (nSPS) is 11.9. The number of nitrogens with one attached hydrogen (secondary N) is 1. The van der Waals surface area contributed by atoms with Gasteiger partial charge in [-0.2, -0.15) is 0 Å². The van der Waals surface area contributed by atoms with Crippen molar-refractivity contribution in [1.82, 2.24) is 5.32 Å². The molecule has 1 N–H and O–H groups in total. The fourth-order valence-corrected chi connectivity index (χ4v) is 3.21. The average molecular weight is 343 g/mol. The van der Waals surface area contributed by atoms with Gasteiger partial charge in [0.25, 0.3) is 0 Å². The summed E-state index contributed by atoms with van der Waals surface area (Å²) in [6.07, 6.45) is 1.88. The summed E-state index contributed by atoms with van der Waals surface area (Å²) in [6.45, 7) is 2.08. The maximum absolute atomic E-state index is 13.1. The Hall–Kier alpha value is -2.87. The first-order valence-corrected chi connectivity index (χ1v) is 9.18. The highest BCUT2D eigenvalue weighted by atomic mass is 16.1. The second-order valence-corrected chi connectivity index (χ2v) is 6.69. The first kappa shape index (κ1) is 17.9. The van der Waals surface area contributed by atoms with Crippen LogP contribution in [0, 0.1) is 0 Å². The molecule has 3 aromatic carbocycles. The van der Waals surface area contributed by atoms with Crippen molar-refractivity contribution in [3.63, 3.8) is 0 Å². The number of carbonyl (C=O) groups is 1. The molecule has 0 unspecified atom stereocenters. The maximum Gasteiger partial charge on any atom is 0.232 e. The van der Waals surface area contributed by atoms with Gasteiger partial charge in [0.2, 0.25) is 5.91 Å². The van der Waals surface area contributed by atoms with Crippen molar-refractivity contribution < 1.29 is 4.79 Å². The summed E-state index contributed by atoms with van der Waals surface area (Å²) >= 11 is 0. The Balaban J connectivity index is 1.69. The van der Waals surface area contributed by atoms with Gasteiger partial charge >= 0.3 is 0 Å².